The lowest BCUT2D eigenvalue weighted by atomic mass is 10.0. The Kier molecular flexibility index (Phi) is 7.04. The van der Waals surface area contributed by atoms with Crippen molar-refractivity contribution in [3.8, 4) is 5.75 Å². The second-order valence-corrected chi connectivity index (χ2v) is 8.71. The number of ether oxygens (including phenoxy) is 1. The van der Waals surface area contributed by atoms with Crippen LogP contribution >= 0.6 is 0 Å². The normalized spacial score (nSPS) is 11.5. The molecule has 3 rings (SSSR count). The van der Waals surface area contributed by atoms with Crippen LogP contribution in [0.15, 0.2) is 65.6 Å². The monoisotopic (exact) mass is 440 g/mol. The summed E-state index contributed by atoms with van der Waals surface area (Å²) >= 11 is 0. The first kappa shape index (κ1) is 22.5. The van der Waals surface area contributed by atoms with Crippen molar-refractivity contribution in [2.45, 2.75) is 18.7 Å². The molecule has 3 aromatic rings. The van der Waals surface area contributed by atoms with Gasteiger partial charge in [0.1, 0.15) is 5.75 Å². The first-order valence-corrected chi connectivity index (χ1v) is 11.3. The average Bonchev–Trinajstić information content (AvgIpc) is 2.78. The Balaban J connectivity index is 1.72. The molecule has 0 heterocycles. The second-order valence-electron chi connectivity index (χ2n) is 6.77. The number of amides is 1. The molecule has 0 radical (unpaired) electrons. The number of rotatable bonds is 9. The zero-order valence-electron chi connectivity index (χ0n) is 17.4. The van der Waals surface area contributed by atoms with Gasteiger partial charge in [0, 0.05) is 18.8 Å². The third kappa shape index (κ3) is 4.92. The van der Waals surface area contributed by atoms with E-state index >= 15 is 0 Å². The Morgan fingerprint density at radius 3 is 2.48 bits per heavy atom. The van der Waals surface area contributed by atoms with Crippen LogP contribution in [0.5, 0.6) is 5.75 Å². The van der Waals surface area contributed by atoms with Gasteiger partial charge in [-0.15, -0.1) is 0 Å². The van der Waals surface area contributed by atoms with Crippen LogP contribution in [-0.4, -0.2) is 44.6 Å². The third-order valence-corrected chi connectivity index (χ3v) is 6.91. The molecule has 0 aliphatic heterocycles. The molecule has 31 heavy (non-hydrogen) atoms. The van der Waals surface area contributed by atoms with E-state index in [1.165, 1.54) is 16.4 Å². The first-order chi connectivity index (χ1) is 14.9. The number of fused-ring (bicyclic) bond motifs is 1. The lowest BCUT2D eigenvalue weighted by Gasteiger charge is -2.19. The van der Waals surface area contributed by atoms with Gasteiger partial charge in [0.2, 0.25) is 10.0 Å². The van der Waals surface area contributed by atoms with Crippen molar-refractivity contribution in [3.05, 3.63) is 66.2 Å². The number of sulfonamides is 1. The number of carbonyl (C=O) groups is 2. The summed E-state index contributed by atoms with van der Waals surface area (Å²) in [6, 6.07) is 16.9. The van der Waals surface area contributed by atoms with Crippen LogP contribution in [0.4, 0.5) is 5.69 Å². The van der Waals surface area contributed by atoms with Crippen molar-refractivity contribution in [1.82, 2.24) is 4.31 Å². The number of anilines is 1. The van der Waals surface area contributed by atoms with Gasteiger partial charge in [0.25, 0.3) is 5.91 Å². The van der Waals surface area contributed by atoms with Crippen molar-refractivity contribution < 1.29 is 22.7 Å². The highest BCUT2D eigenvalue weighted by Gasteiger charge is 2.22. The molecule has 3 aromatic carbocycles. The van der Waals surface area contributed by atoms with Gasteiger partial charge in [-0.3, -0.25) is 9.59 Å². The number of nitrogens with zero attached hydrogens (tertiary/aromatic N) is 1. The molecule has 0 saturated carbocycles. The summed E-state index contributed by atoms with van der Waals surface area (Å²) in [6.07, 6.45) is 0.705. The maximum Gasteiger partial charge on any atom is 0.262 e. The fourth-order valence-corrected chi connectivity index (χ4v) is 4.81. The first-order valence-electron chi connectivity index (χ1n) is 9.90. The number of nitrogens with one attached hydrogen (secondary N) is 1. The average molecular weight is 441 g/mol. The zero-order valence-corrected chi connectivity index (χ0v) is 18.2. The van der Waals surface area contributed by atoms with Gasteiger partial charge in [-0.05, 0) is 35.0 Å². The summed E-state index contributed by atoms with van der Waals surface area (Å²) in [7, 11) is -3.63. The van der Waals surface area contributed by atoms with Crippen LogP contribution in [0.2, 0.25) is 0 Å². The summed E-state index contributed by atoms with van der Waals surface area (Å²) < 4.78 is 32.3. The van der Waals surface area contributed by atoms with Crippen molar-refractivity contribution in [1.29, 1.82) is 0 Å². The number of hydrogen-bond acceptors (Lipinski definition) is 5. The van der Waals surface area contributed by atoms with Gasteiger partial charge in [0.05, 0.1) is 10.5 Å². The molecule has 7 nitrogen and oxygen atoms in total. The summed E-state index contributed by atoms with van der Waals surface area (Å²) in [5.41, 5.74) is 0.717. The summed E-state index contributed by atoms with van der Waals surface area (Å²) in [6.45, 7) is 3.92. The van der Waals surface area contributed by atoms with E-state index in [0.29, 0.717) is 36.4 Å². The van der Waals surface area contributed by atoms with Gasteiger partial charge in [-0.25, -0.2) is 8.42 Å². The van der Waals surface area contributed by atoms with Crippen LogP contribution in [0.1, 0.15) is 24.2 Å². The van der Waals surface area contributed by atoms with E-state index in [4.69, 9.17) is 4.74 Å². The maximum absolute atomic E-state index is 12.7. The third-order valence-electron chi connectivity index (χ3n) is 4.87. The molecule has 0 aliphatic rings. The van der Waals surface area contributed by atoms with Gasteiger partial charge >= 0.3 is 0 Å². The molecular formula is C23H24N2O5S. The lowest BCUT2D eigenvalue weighted by molar-refractivity contribution is -0.118. The van der Waals surface area contributed by atoms with Crippen molar-refractivity contribution in [3.63, 3.8) is 0 Å². The van der Waals surface area contributed by atoms with Gasteiger partial charge in [0.15, 0.2) is 12.9 Å². The minimum atomic E-state index is -3.63. The van der Waals surface area contributed by atoms with E-state index in [1.54, 1.807) is 32.0 Å². The van der Waals surface area contributed by atoms with Crippen LogP contribution < -0.4 is 10.1 Å². The Labute approximate surface area is 181 Å². The predicted octanol–water partition coefficient (Wildman–Crippen LogP) is 3.70. The highest BCUT2D eigenvalue weighted by atomic mass is 32.2. The Morgan fingerprint density at radius 1 is 1.03 bits per heavy atom. The summed E-state index contributed by atoms with van der Waals surface area (Å²) in [4.78, 5) is 24.0. The van der Waals surface area contributed by atoms with Crippen molar-refractivity contribution in [2.75, 3.05) is 25.0 Å². The second kappa shape index (κ2) is 9.72. The molecule has 0 fully saturated rings. The number of carbonyl (C=O) groups excluding carboxylic acids is 2. The van der Waals surface area contributed by atoms with E-state index in [9.17, 15) is 18.0 Å². The van der Waals surface area contributed by atoms with Crippen molar-refractivity contribution >= 4 is 38.7 Å². The Bertz CT molecular complexity index is 1200. The smallest absolute Gasteiger partial charge is 0.262 e. The number of hydrogen-bond donors (Lipinski definition) is 1. The SMILES string of the molecule is CCN(CC)S(=O)(=O)c1cccc(NC(=O)COc2ccc3ccccc3c2C=O)c1. The number of benzene rings is 3. The summed E-state index contributed by atoms with van der Waals surface area (Å²) in [5, 5.41) is 4.28. The zero-order chi connectivity index (χ0) is 22.4. The molecular weight excluding hydrogens is 416 g/mol. The largest absolute Gasteiger partial charge is 0.483 e. The van der Waals surface area contributed by atoms with E-state index in [-0.39, 0.29) is 11.5 Å². The maximum atomic E-state index is 12.7. The van der Waals surface area contributed by atoms with E-state index in [0.717, 1.165) is 10.8 Å². The van der Waals surface area contributed by atoms with Gasteiger partial charge in [-0.1, -0.05) is 50.2 Å². The summed E-state index contributed by atoms with van der Waals surface area (Å²) in [5.74, 6) is -0.163. The topological polar surface area (TPSA) is 92.8 Å². The molecule has 162 valence electrons. The van der Waals surface area contributed by atoms with E-state index in [2.05, 4.69) is 5.32 Å². The molecule has 8 heteroatoms. The molecule has 1 N–H and O–H groups in total. The molecule has 0 aromatic heterocycles. The fraction of sp³-hybridized carbons (Fsp3) is 0.217. The van der Waals surface area contributed by atoms with Crippen LogP contribution in [0.25, 0.3) is 10.8 Å². The minimum Gasteiger partial charge on any atom is -0.483 e. The van der Waals surface area contributed by atoms with Gasteiger partial charge < -0.3 is 10.1 Å². The quantitative estimate of drug-likeness (QED) is 0.512. The Hall–Kier alpha value is -3.23. The number of aldehydes is 1. The molecule has 0 bridgehead atoms. The van der Waals surface area contributed by atoms with E-state index < -0.39 is 15.9 Å². The fourth-order valence-electron chi connectivity index (χ4n) is 3.31. The molecule has 0 spiro atoms. The lowest BCUT2D eigenvalue weighted by Crippen LogP contribution is -2.30. The molecule has 0 saturated heterocycles. The van der Waals surface area contributed by atoms with Crippen LogP contribution in [0, 0.1) is 0 Å². The minimum absolute atomic E-state index is 0.104. The highest BCUT2D eigenvalue weighted by molar-refractivity contribution is 7.89. The molecule has 0 atom stereocenters. The standard InChI is InChI=1S/C23H24N2O5S/c1-3-25(4-2)31(28,29)19-10-7-9-18(14-19)24-23(27)16-30-22-13-12-17-8-5-6-11-20(17)21(22)15-26/h5-15H,3-4,16H2,1-2H3,(H,24,27). The molecule has 0 unspecified atom stereocenters. The highest BCUT2D eigenvalue weighted by Crippen LogP contribution is 2.26. The van der Waals surface area contributed by atoms with Crippen LogP contribution in [-0.2, 0) is 14.8 Å². The van der Waals surface area contributed by atoms with Gasteiger partial charge in [-0.2, -0.15) is 4.31 Å². The molecule has 0 aliphatic carbocycles. The Morgan fingerprint density at radius 2 is 1.77 bits per heavy atom. The van der Waals surface area contributed by atoms with Crippen molar-refractivity contribution in [2.24, 2.45) is 0 Å². The molecule has 1 amide bonds. The predicted molar refractivity (Wildman–Crippen MR) is 120 cm³/mol. The van der Waals surface area contributed by atoms with E-state index in [1.807, 2.05) is 30.3 Å². The van der Waals surface area contributed by atoms with Crippen LogP contribution in [0.3, 0.4) is 0 Å².